The molecule has 3 aromatic rings. The molecule has 0 bridgehead atoms. The molecular formula is C34H49N7O3SSi. The van der Waals surface area contributed by atoms with E-state index in [2.05, 4.69) is 77.4 Å². The number of piperidine rings is 2. The van der Waals surface area contributed by atoms with E-state index in [9.17, 15) is 9.59 Å². The standard InChI is InChI=1S/C34H49N7O3SSi/c1-23-6-8-29(25-7-9-30-27(17-25)37-31(45-30)16-24-10-12-39(2)13-11-24)40(21-23)34(43)33(42)38-28-20-35-18-26-19-36-41(32(26)28)22-44-14-15-46(3,4)5/h7,9,17-20,23-24,29,31,37H,6,8,10-16,21-22H2,1-5H3,(H,38,42)/t23-,29+,31?/m0/s1. The van der Waals surface area contributed by atoms with E-state index in [1.807, 2.05) is 11.8 Å². The van der Waals surface area contributed by atoms with Gasteiger partial charge >= 0.3 is 11.8 Å². The average molecular weight is 664 g/mol. The lowest BCUT2D eigenvalue weighted by atomic mass is 9.89. The van der Waals surface area contributed by atoms with Gasteiger partial charge < -0.3 is 25.2 Å². The minimum atomic E-state index is -1.22. The van der Waals surface area contributed by atoms with Crippen molar-refractivity contribution in [2.24, 2.45) is 11.8 Å². The van der Waals surface area contributed by atoms with E-state index in [0.29, 0.717) is 35.6 Å². The SMILES string of the molecule is C[C@H]1CC[C@H](c2ccc3c(c2)NC(CC2CCN(C)CC2)S3)N(C(=O)C(=O)Nc2cncc3cnn(COCC[Si](C)(C)C)c23)C1. The maximum absolute atomic E-state index is 13.9. The summed E-state index contributed by atoms with van der Waals surface area (Å²) in [5, 5.41) is 12.3. The highest BCUT2D eigenvalue weighted by atomic mass is 32.2. The molecule has 2 aromatic heterocycles. The monoisotopic (exact) mass is 663 g/mol. The summed E-state index contributed by atoms with van der Waals surface area (Å²) in [5.74, 6) is -0.110. The van der Waals surface area contributed by atoms with E-state index >= 15 is 0 Å². The maximum atomic E-state index is 13.9. The third-order valence-corrected chi connectivity index (χ3v) is 12.5. The van der Waals surface area contributed by atoms with Crippen molar-refractivity contribution >= 4 is 53.9 Å². The predicted octanol–water partition coefficient (Wildman–Crippen LogP) is 6.26. The van der Waals surface area contributed by atoms with Crippen LogP contribution >= 0.6 is 11.8 Å². The molecule has 2 N–H and O–H groups in total. The Bertz CT molecular complexity index is 1550. The maximum Gasteiger partial charge on any atom is 0.314 e. The number of nitrogens with one attached hydrogen (secondary N) is 2. The van der Waals surface area contributed by atoms with E-state index in [4.69, 9.17) is 4.74 Å². The minimum absolute atomic E-state index is 0.154. The molecule has 3 atom stereocenters. The number of rotatable bonds is 9. The van der Waals surface area contributed by atoms with Crippen LogP contribution in [0.3, 0.4) is 0 Å². The fourth-order valence-electron chi connectivity index (χ4n) is 6.82. The molecule has 1 unspecified atom stereocenters. The van der Waals surface area contributed by atoms with Crippen molar-refractivity contribution in [3.63, 3.8) is 0 Å². The molecule has 3 aliphatic rings. The fourth-order valence-corrected chi connectivity index (χ4v) is 8.83. The van der Waals surface area contributed by atoms with Crippen molar-refractivity contribution in [1.29, 1.82) is 0 Å². The van der Waals surface area contributed by atoms with Crippen molar-refractivity contribution in [2.75, 3.05) is 43.9 Å². The van der Waals surface area contributed by atoms with Crippen LogP contribution in [0.15, 0.2) is 41.7 Å². The summed E-state index contributed by atoms with van der Waals surface area (Å²) in [5.41, 5.74) is 3.38. The third kappa shape index (κ3) is 7.78. The number of anilines is 2. The first-order chi connectivity index (χ1) is 22.0. The van der Waals surface area contributed by atoms with Gasteiger partial charge in [0.2, 0.25) is 0 Å². The molecule has 2 amide bonds. The highest BCUT2D eigenvalue weighted by Gasteiger charge is 2.36. The Morgan fingerprint density at radius 1 is 1.11 bits per heavy atom. The Morgan fingerprint density at radius 3 is 2.70 bits per heavy atom. The van der Waals surface area contributed by atoms with Gasteiger partial charge in [-0.3, -0.25) is 14.6 Å². The average Bonchev–Trinajstić information content (AvgIpc) is 3.63. The number of nitrogens with zero attached hydrogens (tertiary/aromatic N) is 5. The summed E-state index contributed by atoms with van der Waals surface area (Å²) in [7, 11) is 0.990. The van der Waals surface area contributed by atoms with Gasteiger partial charge in [-0.2, -0.15) is 5.10 Å². The van der Waals surface area contributed by atoms with Crippen LogP contribution in [0.2, 0.25) is 25.7 Å². The summed E-state index contributed by atoms with van der Waals surface area (Å²) in [6.07, 6.45) is 10.5. The molecule has 2 saturated heterocycles. The second-order valence-electron chi connectivity index (χ2n) is 14.7. The molecule has 2 fully saturated rings. The van der Waals surface area contributed by atoms with Gasteiger partial charge in [0, 0.05) is 43.4 Å². The van der Waals surface area contributed by atoms with Gasteiger partial charge in [0.15, 0.2) is 0 Å². The number of thioether (sulfide) groups is 1. The molecule has 6 rings (SSSR count). The Morgan fingerprint density at radius 2 is 1.91 bits per heavy atom. The Kier molecular flexibility index (Phi) is 10.1. The van der Waals surface area contributed by atoms with Gasteiger partial charge in [0.1, 0.15) is 6.73 Å². The lowest BCUT2D eigenvalue weighted by Gasteiger charge is -2.38. The lowest BCUT2D eigenvalue weighted by Crippen LogP contribution is -2.46. The zero-order chi connectivity index (χ0) is 32.4. The van der Waals surface area contributed by atoms with Gasteiger partial charge in [-0.25, -0.2) is 4.68 Å². The van der Waals surface area contributed by atoms with Crippen molar-refractivity contribution < 1.29 is 14.3 Å². The molecule has 0 radical (unpaired) electrons. The summed E-state index contributed by atoms with van der Waals surface area (Å²) in [6.45, 7) is 12.9. The van der Waals surface area contributed by atoms with Crippen LogP contribution in [0.4, 0.5) is 11.4 Å². The van der Waals surface area contributed by atoms with Crippen molar-refractivity contribution in [1.82, 2.24) is 24.6 Å². The second kappa shape index (κ2) is 14.0. The topological polar surface area (TPSA) is 105 Å². The molecule has 3 aliphatic heterocycles. The number of amides is 2. The number of carbonyl (C=O) groups excluding carboxylic acids is 2. The number of carbonyl (C=O) groups is 2. The summed E-state index contributed by atoms with van der Waals surface area (Å²) in [6, 6.07) is 7.45. The number of likely N-dealkylation sites (tertiary alicyclic amines) is 2. The molecule has 10 nitrogen and oxygen atoms in total. The summed E-state index contributed by atoms with van der Waals surface area (Å²) in [4.78, 5) is 37.2. The number of hydrogen-bond acceptors (Lipinski definition) is 8. The van der Waals surface area contributed by atoms with Crippen LogP contribution < -0.4 is 10.6 Å². The van der Waals surface area contributed by atoms with E-state index in [1.165, 1.54) is 37.2 Å². The summed E-state index contributed by atoms with van der Waals surface area (Å²) >= 11 is 1.92. The molecular weight excluding hydrogens is 615 g/mol. The van der Waals surface area contributed by atoms with E-state index in [1.54, 1.807) is 28.2 Å². The Labute approximate surface area is 278 Å². The van der Waals surface area contributed by atoms with Gasteiger partial charge in [-0.05, 0) is 87.8 Å². The van der Waals surface area contributed by atoms with Crippen molar-refractivity contribution in [3.05, 3.63) is 42.4 Å². The second-order valence-corrected chi connectivity index (χ2v) is 21.6. The van der Waals surface area contributed by atoms with Crippen LogP contribution in [0, 0.1) is 11.8 Å². The molecule has 46 heavy (non-hydrogen) atoms. The minimum Gasteiger partial charge on any atom is -0.372 e. The van der Waals surface area contributed by atoms with E-state index < -0.39 is 19.9 Å². The predicted molar refractivity (Wildman–Crippen MR) is 188 cm³/mol. The highest BCUT2D eigenvalue weighted by Crippen LogP contribution is 2.44. The summed E-state index contributed by atoms with van der Waals surface area (Å²) < 4.78 is 7.66. The number of hydrogen-bond donors (Lipinski definition) is 2. The first kappa shape index (κ1) is 33.0. The van der Waals surface area contributed by atoms with E-state index in [0.717, 1.165) is 41.4 Å². The molecule has 248 valence electrons. The van der Waals surface area contributed by atoms with Crippen LogP contribution in [0.25, 0.3) is 10.9 Å². The van der Waals surface area contributed by atoms with Crippen LogP contribution in [0.5, 0.6) is 0 Å². The number of benzene rings is 1. The van der Waals surface area contributed by atoms with Crippen molar-refractivity contribution in [2.45, 2.75) is 87.8 Å². The van der Waals surface area contributed by atoms with Crippen LogP contribution in [-0.4, -0.2) is 83.1 Å². The van der Waals surface area contributed by atoms with E-state index in [-0.39, 0.29) is 12.8 Å². The molecule has 12 heteroatoms. The quantitative estimate of drug-likeness (QED) is 0.157. The number of ether oxygens (including phenoxy) is 1. The highest BCUT2D eigenvalue weighted by molar-refractivity contribution is 8.00. The van der Waals surface area contributed by atoms with Gasteiger partial charge in [-0.1, -0.05) is 44.4 Å². The first-order valence-corrected chi connectivity index (χ1v) is 21.4. The van der Waals surface area contributed by atoms with Gasteiger partial charge in [0.25, 0.3) is 0 Å². The molecule has 0 spiro atoms. The molecule has 1 aromatic carbocycles. The van der Waals surface area contributed by atoms with Crippen LogP contribution in [-0.2, 0) is 21.1 Å². The Balaban J connectivity index is 1.13. The number of aromatic nitrogens is 3. The smallest absolute Gasteiger partial charge is 0.314 e. The Hall–Kier alpha value is -2.93. The van der Waals surface area contributed by atoms with Gasteiger partial charge in [-0.15, -0.1) is 0 Å². The normalized spacial score (nSPS) is 22.5. The molecule has 0 aliphatic carbocycles. The molecule has 0 saturated carbocycles. The first-order valence-electron chi connectivity index (χ1n) is 16.8. The number of fused-ring (bicyclic) bond motifs is 2. The zero-order valence-electron chi connectivity index (χ0n) is 27.9. The zero-order valence-corrected chi connectivity index (χ0v) is 29.7. The fraction of sp³-hybridized carbons (Fsp3) is 0.588. The van der Waals surface area contributed by atoms with Crippen LogP contribution in [0.1, 0.15) is 50.6 Å². The van der Waals surface area contributed by atoms with Gasteiger partial charge in [0.05, 0.1) is 35.0 Å². The largest absolute Gasteiger partial charge is 0.372 e. The molecule has 5 heterocycles. The number of pyridine rings is 1. The van der Waals surface area contributed by atoms with Crippen molar-refractivity contribution in [3.8, 4) is 0 Å². The lowest BCUT2D eigenvalue weighted by molar-refractivity contribution is -0.146. The third-order valence-electron chi connectivity index (χ3n) is 9.63.